The Morgan fingerprint density at radius 1 is 1.29 bits per heavy atom. The van der Waals surface area contributed by atoms with E-state index in [0.717, 1.165) is 12.1 Å². The van der Waals surface area contributed by atoms with Gasteiger partial charge >= 0.3 is 0 Å². The van der Waals surface area contributed by atoms with Crippen molar-refractivity contribution in [2.75, 3.05) is 7.05 Å². The van der Waals surface area contributed by atoms with Crippen LogP contribution in [0.2, 0.25) is 0 Å². The van der Waals surface area contributed by atoms with Crippen LogP contribution in [-0.4, -0.2) is 11.9 Å². The number of hydrogen-bond donors (Lipinski definition) is 0. The summed E-state index contributed by atoms with van der Waals surface area (Å²) in [5, 5.41) is 2.09. The lowest BCUT2D eigenvalue weighted by Gasteiger charge is -2.23. The maximum absolute atomic E-state index is 13.1. The van der Waals surface area contributed by atoms with Gasteiger partial charge in [-0.15, -0.1) is 11.3 Å². The lowest BCUT2D eigenvalue weighted by atomic mass is 10.1. The summed E-state index contributed by atoms with van der Waals surface area (Å²) in [5.41, 5.74) is 1.01. The quantitative estimate of drug-likeness (QED) is 0.789. The van der Waals surface area contributed by atoms with Crippen molar-refractivity contribution in [3.05, 3.63) is 58.0 Å². The average molecular weight is 249 g/mol. The van der Waals surface area contributed by atoms with Crippen LogP contribution in [-0.2, 0) is 6.54 Å². The highest BCUT2D eigenvalue weighted by Crippen LogP contribution is 2.24. The van der Waals surface area contributed by atoms with Crippen molar-refractivity contribution in [1.82, 2.24) is 4.90 Å². The zero-order chi connectivity index (χ0) is 12.3. The molecule has 0 aliphatic carbocycles. The third-order valence-electron chi connectivity index (χ3n) is 2.94. The van der Waals surface area contributed by atoms with Crippen LogP contribution in [0, 0.1) is 5.82 Å². The zero-order valence-electron chi connectivity index (χ0n) is 10.1. The highest BCUT2D eigenvalue weighted by atomic mass is 32.1. The van der Waals surface area contributed by atoms with Gasteiger partial charge in [0.15, 0.2) is 0 Å². The summed E-state index contributed by atoms with van der Waals surface area (Å²) in [7, 11) is 2.06. The molecule has 0 saturated carbocycles. The van der Waals surface area contributed by atoms with Gasteiger partial charge in [0.1, 0.15) is 5.82 Å². The van der Waals surface area contributed by atoms with Crippen molar-refractivity contribution in [2.24, 2.45) is 0 Å². The largest absolute Gasteiger partial charge is 0.295 e. The van der Waals surface area contributed by atoms with Gasteiger partial charge in [-0.3, -0.25) is 4.90 Å². The van der Waals surface area contributed by atoms with Gasteiger partial charge in [0, 0.05) is 17.5 Å². The van der Waals surface area contributed by atoms with E-state index >= 15 is 0 Å². The number of thiophene rings is 1. The van der Waals surface area contributed by atoms with Crippen LogP contribution in [0.3, 0.4) is 0 Å². The highest BCUT2D eigenvalue weighted by Gasteiger charge is 2.12. The molecule has 1 heterocycles. The number of rotatable bonds is 4. The van der Waals surface area contributed by atoms with Gasteiger partial charge in [0.2, 0.25) is 0 Å². The molecule has 0 fully saturated rings. The summed E-state index contributed by atoms with van der Waals surface area (Å²) < 4.78 is 13.1. The molecule has 0 spiro atoms. The van der Waals surface area contributed by atoms with Crippen LogP contribution in [0.4, 0.5) is 4.39 Å². The van der Waals surface area contributed by atoms with Crippen molar-refractivity contribution >= 4 is 11.3 Å². The Morgan fingerprint density at radius 3 is 2.76 bits per heavy atom. The van der Waals surface area contributed by atoms with Crippen LogP contribution in [0.1, 0.15) is 23.4 Å². The molecular weight excluding hydrogens is 233 g/mol. The maximum atomic E-state index is 13.1. The first-order valence-electron chi connectivity index (χ1n) is 5.65. The van der Waals surface area contributed by atoms with Crippen molar-refractivity contribution in [1.29, 1.82) is 0 Å². The molecule has 0 radical (unpaired) electrons. The second kappa shape index (κ2) is 5.43. The van der Waals surface area contributed by atoms with Crippen molar-refractivity contribution in [3.63, 3.8) is 0 Å². The number of hydrogen-bond acceptors (Lipinski definition) is 2. The Kier molecular flexibility index (Phi) is 3.92. The first-order valence-corrected chi connectivity index (χ1v) is 6.53. The molecule has 0 amide bonds. The molecule has 2 rings (SSSR count). The first kappa shape index (κ1) is 12.3. The van der Waals surface area contributed by atoms with Gasteiger partial charge in [0.25, 0.3) is 0 Å². The van der Waals surface area contributed by atoms with Crippen LogP contribution in [0.15, 0.2) is 41.8 Å². The minimum atomic E-state index is -0.167. The SMILES string of the molecule is CC(c1cccs1)N(C)Cc1cccc(F)c1. The fourth-order valence-corrected chi connectivity index (χ4v) is 2.65. The Balaban J connectivity index is 2.04. The molecule has 3 heteroatoms. The lowest BCUT2D eigenvalue weighted by molar-refractivity contribution is 0.256. The third kappa shape index (κ3) is 3.14. The maximum Gasteiger partial charge on any atom is 0.123 e. The molecule has 2 aromatic rings. The van der Waals surface area contributed by atoms with Crippen molar-refractivity contribution in [3.8, 4) is 0 Å². The molecule has 0 bridgehead atoms. The van der Waals surface area contributed by atoms with Crippen molar-refractivity contribution in [2.45, 2.75) is 19.5 Å². The van der Waals surface area contributed by atoms with E-state index in [1.165, 1.54) is 10.9 Å². The van der Waals surface area contributed by atoms with Crippen LogP contribution < -0.4 is 0 Å². The predicted octanol–water partition coefficient (Wildman–Crippen LogP) is 4.08. The summed E-state index contributed by atoms with van der Waals surface area (Å²) in [6, 6.07) is 11.3. The summed E-state index contributed by atoms with van der Waals surface area (Å²) in [4.78, 5) is 3.56. The molecule has 1 nitrogen and oxygen atoms in total. The Bertz CT molecular complexity index is 467. The molecule has 0 aliphatic rings. The fourth-order valence-electron chi connectivity index (χ4n) is 1.81. The second-order valence-corrected chi connectivity index (χ2v) is 5.22. The van der Waals surface area contributed by atoms with Crippen LogP contribution >= 0.6 is 11.3 Å². The monoisotopic (exact) mass is 249 g/mol. The van der Waals surface area contributed by atoms with Gasteiger partial charge < -0.3 is 0 Å². The number of nitrogens with zero attached hydrogens (tertiary/aromatic N) is 1. The Labute approximate surface area is 106 Å². The van der Waals surface area contributed by atoms with Gasteiger partial charge in [-0.25, -0.2) is 4.39 Å². The van der Waals surface area contributed by atoms with E-state index in [9.17, 15) is 4.39 Å². The van der Waals surface area contributed by atoms with E-state index in [1.54, 1.807) is 23.5 Å². The zero-order valence-corrected chi connectivity index (χ0v) is 10.9. The van der Waals surface area contributed by atoms with E-state index < -0.39 is 0 Å². The molecule has 90 valence electrons. The van der Waals surface area contributed by atoms with Crippen LogP contribution in [0.25, 0.3) is 0 Å². The van der Waals surface area contributed by atoms with E-state index in [-0.39, 0.29) is 5.82 Å². The Hall–Kier alpha value is -1.19. The van der Waals surface area contributed by atoms with Gasteiger partial charge in [-0.1, -0.05) is 18.2 Å². The normalized spacial score (nSPS) is 12.9. The lowest BCUT2D eigenvalue weighted by Crippen LogP contribution is -2.21. The number of benzene rings is 1. The Morgan fingerprint density at radius 2 is 2.12 bits per heavy atom. The van der Waals surface area contributed by atoms with E-state index in [4.69, 9.17) is 0 Å². The summed E-state index contributed by atoms with van der Waals surface area (Å²) in [6.45, 7) is 2.93. The molecule has 1 atom stereocenters. The summed E-state index contributed by atoms with van der Waals surface area (Å²) in [6.07, 6.45) is 0. The topological polar surface area (TPSA) is 3.24 Å². The second-order valence-electron chi connectivity index (χ2n) is 4.24. The highest BCUT2D eigenvalue weighted by molar-refractivity contribution is 7.10. The van der Waals surface area contributed by atoms with E-state index in [1.807, 2.05) is 6.07 Å². The molecule has 1 aromatic heterocycles. The molecule has 0 aliphatic heterocycles. The van der Waals surface area contributed by atoms with E-state index in [0.29, 0.717) is 6.04 Å². The van der Waals surface area contributed by atoms with Gasteiger partial charge in [-0.2, -0.15) is 0 Å². The fraction of sp³-hybridized carbons (Fsp3) is 0.286. The van der Waals surface area contributed by atoms with Crippen molar-refractivity contribution < 1.29 is 4.39 Å². The minimum absolute atomic E-state index is 0.167. The molecule has 1 aromatic carbocycles. The minimum Gasteiger partial charge on any atom is -0.295 e. The summed E-state index contributed by atoms with van der Waals surface area (Å²) >= 11 is 1.76. The molecule has 1 unspecified atom stereocenters. The molecule has 0 saturated heterocycles. The smallest absolute Gasteiger partial charge is 0.123 e. The summed E-state index contributed by atoms with van der Waals surface area (Å²) in [5.74, 6) is -0.167. The average Bonchev–Trinajstić information content (AvgIpc) is 2.81. The molecular formula is C14H16FNS. The predicted molar refractivity (Wildman–Crippen MR) is 70.6 cm³/mol. The van der Waals surface area contributed by atoms with Crippen LogP contribution in [0.5, 0.6) is 0 Å². The van der Waals surface area contributed by atoms with Gasteiger partial charge in [-0.05, 0) is 43.1 Å². The van der Waals surface area contributed by atoms with Gasteiger partial charge in [0.05, 0.1) is 0 Å². The molecule has 0 N–H and O–H groups in total. The first-order chi connectivity index (χ1) is 8.16. The number of halogens is 1. The van der Waals surface area contributed by atoms with E-state index in [2.05, 4.69) is 36.4 Å². The standard InChI is InChI=1S/C14H16FNS/c1-11(14-7-4-8-17-14)16(2)10-12-5-3-6-13(15)9-12/h3-9,11H,10H2,1-2H3. The molecule has 17 heavy (non-hydrogen) atoms. The third-order valence-corrected chi connectivity index (χ3v) is 3.98.